The Morgan fingerprint density at radius 2 is 1.42 bits per heavy atom. The van der Waals surface area contributed by atoms with Crippen LogP contribution in [0.2, 0.25) is 0 Å². The zero-order valence-electron chi connectivity index (χ0n) is 17.9. The molecular formula is C26H23N3O3S. The second-order valence-corrected chi connectivity index (χ2v) is 10.5. The Morgan fingerprint density at radius 1 is 0.788 bits per heavy atom. The summed E-state index contributed by atoms with van der Waals surface area (Å²) in [6.45, 7) is 0.684. The summed E-state index contributed by atoms with van der Waals surface area (Å²) in [7, 11) is -3.61. The topological polar surface area (TPSA) is 60.9 Å². The molecule has 3 heterocycles. The number of amides is 1. The summed E-state index contributed by atoms with van der Waals surface area (Å²) in [5.41, 5.74) is 3.81. The summed E-state index contributed by atoms with van der Waals surface area (Å²) < 4.78 is 27.8. The number of hydrogen-bond acceptors (Lipinski definition) is 4. The maximum Gasteiger partial charge on any atom is 0.264 e. The molecule has 166 valence electrons. The number of sulfonamides is 1. The molecule has 0 saturated carbocycles. The first-order chi connectivity index (χ1) is 16.0. The molecule has 3 aromatic rings. The fraction of sp³-hybridized carbons (Fsp3) is 0.192. The number of fused-ring (bicyclic) bond motifs is 2. The highest BCUT2D eigenvalue weighted by Gasteiger charge is 2.49. The van der Waals surface area contributed by atoms with E-state index in [-0.39, 0.29) is 18.0 Å². The predicted octanol–water partition coefficient (Wildman–Crippen LogP) is 4.02. The van der Waals surface area contributed by atoms with Gasteiger partial charge in [-0.1, -0.05) is 78.9 Å². The summed E-state index contributed by atoms with van der Waals surface area (Å²) in [5.74, 6) is 0.0562. The van der Waals surface area contributed by atoms with Gasteiger partial charge in [-0.25, -0.2) is 8.42 Å². The van der Waals surface area contributed by atoms with Crippen molar-refractivity contribution in [2.24, 2.45) is 0 Å². The van der Waals surface area contributed by atoms with Crippen LogP contribution in [0.5, 0.6) is 0 Å². The first-order valence-electron chi connectivity index (χ1n) is 11.0. The average Bonchev–Trinajstić information content (AvgIpc) is 3.45. The van der Waals surface area contributed by atoms with Crippen molar-refractivity contribution >= 4 is 15.9 Å². The third-order valence-corrected chi connectivity index (χ3v) is 8.50. The van der Waals surface area contributed by atoms with Gasteiger partial charge in [0.1, 0.15) is 0 Å². The van der Waals surface area contributed by atoms with Gasteiger partial charge in [0, 0.05) is 12.6 Å². The van der Waals surface area contributed by atoms with Gasteiger partial charge in [0.05, 0.1) is 30.1 Å². The molecule has 0 bridgehead atoms. The van der Waals surface area contributed by atoms with Crippen LogP contribution in [0.25, 0.3) is 0 Å². The van der Waals surface area contributed by atoms with E-state index in [0.29, 0.717) is 24.4 Å². The van der Waals surface area contributed by atoms with Crippen molar-refractivity contribution in [2.75, 3.05) is 6.54 Å². The lowest BCUT2D eigenvalue weighted by atomic mass is 9.96. The smallest absolute Gasteiger partial charge is 0.264 e. The lowest BCUT2D eigenvalue weighted by Crippen LogP contribution is -2.34. The molecular weight excluding hydrogens is 434 g/mol. The fourth-order valence-corrected chi connectivity index (χ4v) is 6.75. The van der Waals surface area contributed by atoms with E-state index >= 15 is 0 Å². The summed E-state index contributed by atoms with van der Waals surface area (Å²) in [4.78, 5) is 13.4. The molecule has 3 aliphatic rings. The molecule has 7 heteroatoms. The van der Waals surface area contributed by atoms with Crippen LogP contribution in [0, 0.1) is 0 Å². The highest BCUT2D eigenvalue weighted by molar-refractivity contribution is 7.89. The van der Waals surface area contributed by atoms with E-state index in [1.54, 1.807) is 23.3 Å². The first kappa shape index (κ1) is 20.2. The molecule has 2 unspecified atom stereocenters. The Morgan fingerprint density at radius 3 is 2.12 bits per heavy atom. The van der Waals surface area contributed by atoms with Crippen molar-refractivity contribution in [1.82, 2.24) is 14.3 Å². The molecule has 2 saturated heterocycles. The summed E-state index contributed by atoms with van der Waals surface area (Å²) in [6, 6.07) is 26.8. The Hall–Kier alpha value is -3.42. The van der Waals surface area contributed by atoms with E-state index in [1.807, 2.05) is 72.8 Å². The molecule has 0 N–H and O–H groups in total. The van der Waals surface area contributed by atoms with Crippen LogP contribution < -0.4 is 0 Å². The average molecular weight is 458 g/mol. The van der Waals surface area contributed by atoms with Gasteiger partial charge in [-0.05, 0) is 28.3 Å². The second kappa shape index (κ2) is 7.57. The fourth-order valence-electron chi connectivity index (χ4n) is 5.20. The number of rotatable bonds is 3. The van der Waals surface area contributed by atoms with Crippen molar-refractivity contribution in [3.63, 3.8) is 0 Å². The summed E-state index contributed by atoms with van der Waals surface area (Å²) >= 11 is 0. The molecule has 1 amide bonds. The zero-order valence-corrected chi connectivity index (χ0v) is 18.7. The van der Waals surface area contributed by atoms with Crippen LogP contribution in [0.15, 0.2) is 102 Å². The van der Waals surface area contributed by atoms with E-state index in [4.69, 9.17) is 0 Å². The van der Waals surface area contributed by atoms with Gasteiger partial charge in [-0.15, -0.1) is 0 Å². The van der Waals surface area contributed by atoms with Crippen LogP contribution in [0.3, 0.4) is 0 Å². The summed E-state index contributed by atoms with van der Waals surface area (Å²) in [5, 5.41) is 3.92. The van der Waals surface area contributed by atoms with Crippen molar-refractivity contribution in [3.8, 4) is 0 Å². The molecule has 2 atom stereocenters. The largest absolute Gasteiger partial charge is 0.273 e. The number of nitrogens with zero attached hydrogens (tertiary/aromatic N) is 3. The Labute approximate surface area is 193 Å². The van der Waals surface area contributed by atoms with Gasteiger partial charge in [0.15, 0.2) is 0 Å². The Kier molecular flexibility index (Phi) is 4.64. The van der Waals surface area contributed by atoms with Crippen molar-refractivity contribution in [3.05, 3.63) is 113 Å². The molecule has 6 nitrogen and oxygen atoms in total. The minimum atomic E-state index is -3.61. The van der Waals surface area contributed by atoms with E-state index in [9.17, 15) is 13.2 Å². The minimum absolute atomic E-state index is 0.0562. The van der Waals surface area contributed by atoms with Crippen molar-refractivity contribution in [2.45, 2.75) is 29.9 Å². The van der Waals surface area contributed by atoms with Crippen LogP contribution in [-0.4, -0.2) is 35.2 Å². The maximum atomic E-state index is 13.2. The van der Waals surface area contributed by atoms with Crippen molar-refractivity contribution in [1.29, 1.82) is 0 Å². The highest BCUT2D eigenvalue weighted by Crippen LogP contribution is 2.48. The van der Waals surface area contributed by atoms with E-state index < -0.39 is 10.0 Å². The SMILES string of the molecule is O=C1CC(c2ccccc2)N2C(c3ccccc3)/C(=C/N3Cc4ccccc4S3(=O)=O)CN12. The number of hydrogen-bond donors (Lipinski definition) is 0. The Balaban J connectivity index is 1.45. The number of hydrazine groups is 1. The normalized spacial score (nSPS) is 25.0. The van der Waals surface area contributed by atoms with Gasteiger partial charge in [0.2, 0.25) is 5.91 Å². The van der Waals surface area contributed by atoms with E-state index in [1.165, 1.54) is 4.31 Å². The zero-order chi connectivity index (χ0) is 22.6. The quantitative estimate of drug-likeness (QED) is 0.596. The molecule has 0 aliphatic carbocycles. The molecule has 0 radical (unpaired) electrons. The van der Waals surface area contributed by atoms with Gasteiger partial charge < -0.3 is 0 Å². The number of benzene rings is 3. The van der Waals surface area contributed by atoms with Crippen LogP contribution >= 0.6 is 0 Å². The lowest BCUT2D eigenvalue weighted by Gasteiger charge is -2.31. The monoisotopic (exact) mass is 457 g/mol. The molecule has 0 spiro atoms. The van der Waals surface area contributed by atoms with Gasteiger partial charge >= 0.3 is 0 Å². The highest BCUT2D eigenvalue weighted by atomic mass is 32.2. The number of carbonyl (C=O) groups is 1. The molecule has 33 heavy (non-hydrogen) atoms. The van der Waals surface area contributed by atoms with Gasteiger partial charge in [0.25, 0.3) is 10.0 Å². The standard InChI is InChI=1S/C26H23N3O3S/c30-25-15-23(19-9-3-1-4-10-19)29-26(20-11-5-2-6-12-20)22(18-28(25)29)17-27-16-21-13-7-8-14-24(21)33(27,31)32/h1-14,17,23,26H,15-16,18H2/b22-17+. The van der Waals surface area contributed by atoms with Crippen LogP contribution in [0.1, 0.15) is 35.2 Å². The van der Waals surface area contributed by atoms with Crippen LogP contribution in [0.4, 0.5) is 0 Å². The Bertz CT molecular complexity index is 1360. The molecule has 3 aliphatic heterocycles. The summed E-state index contributed by atoms with van der Waals surface area (Å²) in [6.07, 6.45) is 2.16. The third kappa shape index (κ3) is 3.19. The molecule has 2 fully saturated rings. The number of carbonyl (C=O) groups excluding carboxylic acids is 1. The maximum absolute atomic E-state index is 13.2. The molecule has 6 rings (SSSR count). The molecule has 0 aromatic heterocycles. The molecule has 3 aromatic carbocycles. The van der Waals surface area contributed by atoms with E-state index in [0.717, 1.165) is 22.3 Å². The van der Waals surface area contributed by atoms with Crippen molar-refractivity contribution < 1.29 is 13.2 Å². The minimum Gasteiger partial charge on any atom is -0.273 e. The van der Waals surface area contributed by atoms with E-state index in [2.05, 4.69) is 5.01 Å². The van der Waals surface area contributed by atoms with Gasteiger partial charge in [-0.3, -0.25) is 14.1 Å². The predicted molar refractivity (Wildman–Crippen MR) is 124 cm³/mol. The first-order valence-corrected chi connectivity index (χ1v) is 12.5. The lowest BCUT2D eigenvalue weighted by molar-refractivity contribution is -0.136. The third-order valence-electron chi connectivity index (χ3n) is 6.70. The van der Waals surface area contributed by atoms with Gasteiger partial charge in [-0.2, -0.15) is 5.01 Å². The second-order valence-electron chi connectivity index (χ2n) is 8.64. The van der Waals surface area contributed by atoms with Crippen LogP contribution in [-0.2, 0) is 21.4 Å².